The van der Waals surface area contributed by atoms with Gasteiger partial charge in [-0.3, -0.25) is 0 Å². The zero-order valence-electron chi connectivity index (χ0n) is 11.1. The van der Waals surface area contributed by atoms with E-state index in [4.69, 9.17) is 4.52 Å². The van der Waals surface area contributed by atoms with Crippen molar-refractivity contribution in [1.82, 2.24) is 10.1 Å². The van der Waals surface area contributed by atoms with E-state index in [1.165, 1.54) is 37.1 Å². The first-order chi connectivity index (χ1) is 9.60. The molecule has 106 valence electrons. The van der Waals surface area contributed by atoms with Crippen LogP contribution < -0.4 is 0 Å². The molecule has 0 spiro atoms. The third-order valence-corrected chi connectivity index (χ3v) is 3.49. The summed E-state index contributed by atoms with van der Waals surface area (Å²) in [7, 11) is 1.29. The molecule has 0 bridgehead atoms. The van der Waals surface area contributed by atoms with Gasteiger partial charge in [0, 0.05) is 5.75 Å². The van der Waals surface area contributed by atoms with Gasteiger partial charge in [-0.1, -0.05) is 5.16 Å². The minimum Gasteiger partial charge on any atom is -0.465 e. The fraction of sp³-hybridized carbons (Fsp3) is 0.308. The molecule has 0 N–H and O–H groups in total. The number of nitrogens with zero attached hydrogens (tertiary/aromatic N) is 2. The van der Waals surface area contributed by atoms with Crippen LogP contribution in [0.3, 0.4) is 0 Å². The molecule has 0 saturated heterocycles. The van der Waals surface area contributed by atoms with Crippen LogP contribution in [0, 0.1) is 12.7 Å². The van der Waals surface area contributed by atoms with Gasteiger partial charge in [-0.15, -0.1) is 11.8 Å². The predicted molar refractivity (Wildman–Crippen MR) is 71.8 cm³/mol. The molecule has 0 amide bonds. The van der Waals surface area contributed by atoms with Gasteiger partial charge >= 0.3 is 5.97 Å². The highest BCUT2D eigenvalue weighted by molar-refractivity contribution is 7.97. The van der Waals surface area contributed by atoms with E-state index in [9.17, 15) is 9.18 Å². The molecule has 0 radical (unpaired) electrons. The average molecular weight is 296 g/mol. The molecular formula is C13H13FN2O3S. The van der Waals surface area contributed by atoms with E-state index in [0.717, 1.165) is 0 Å². The quantitative estimate of drug-likeness (QED) is 0.790. The van der Waals surface area contributed by atoms with Gasteiger partial charge in [-0.25, -0.2) is 9.18 Å². The number of rotatable bonds is 5. The summed E-state index contributed by atoms with van der Waals surface area (Å²) in [4.78, 5) is 15.4. The summed E-state index contributed by atoms with van der Waals surface area (Å²) in [5.41, 5.74) is 0.771. The van der Waals surface area contributed by atoms with Gasteiger partial charge in [-0.05, 0) is 30.7 Å². The molecule has 0 fully saturated rings. The Balaban J connectivity index is 1.99. The number of hydrogen-bond acceptors (Lipinski definition) is 6. The summed E-state index contributed by atoms with van der Waals surface area (Å²) >= 11 is 1.43. The van der Waals surface area contributed by atoms with Crippen molar-refractivity contribution in [3.05, 3.63) is 46.9 Å². The summed E-state index contributed by atoms with van der Waals surface area (Å²) in [6.45, 7) is 1.73. The lowest BCUT2D eigenvalue weighted by Gasteiger charge is -2.05. The maximum absolute atomic E-state index is 13.7. The first-order valence-corrected chi connectivity index (χ1v) is 6.99. The Kier molecular flexibility index (Phi) is 4.73. The number of aryl methyl sites for hydroxylation is 1. The maximum Gasteiger partial charge on any atom is 0.337 e. The van der Waals surface area contributed by atoms with Crippen LogP contribution in [-0.4, -0.2) is 23.2 Å². The van der Waals surface area contributed by atoms with Crippen molar-refractivity contribution in [3.63, 3.8) is 0 Å². The van der Waals surface area contributed by atoms with Crippen LogP contribution in [0.5, 0.6) is 0 Å². The zero-order valence-corrected chi connectivity index (χ0v) is 11.9. The molecule has 0 unspecified atom stereocenters. The van der Waals surface area contributed by atoms with Crippen molar-refractivity contribution >= 4 is 17.7 Å². The van der Waals surface area contributed by atoms with Crippen LogP contribution in [0.4, 0.5) is 4.39 Å². The largest absolute Gasteiger partial charge is 0.465 e. The molecule has 20 heavy (non-hydrogen) atoms. The highest BCUT2D eigenvalue weighted by Gasteiger charge is 2.10. The minimum atomic E-state index is -0.483. The zero-order chi connectivity index (χ0) is 14.5. The summed E-state index contributed by atoms with van der Waals surface area (Å²) in [5.74, 6) is 1.12. The molecule has 5 nitrogen and oxygen atoms in total. The van der Waals surface area contributed by atoms with Crippen molar-refractivity contribution in [3.8, 4) is 0 Å². The summed E-state index contributed by atoms with van der Waals surface area (Å²) < 4.78 is 23.2. The number of thioether (sulfide) groups is 1. The van der Waals surface area contributed by atoms with E-state index in [0.29, 0.717) is 34.3 Å². The second-order valence-corrected chi connectivity index (χ2v) is 5.01. The lowest BCUT2D eigenvalue weighted by atomic mass is 10.1. The number of methoxy groups -OCH3 is 1. The maximum atomic E-state index is 13.7. The molecule has 0 aliphatic heterocycles. The molecule has 1 heterocycles. The van der Waals surface area contributed by atoms with Gasteiger partial charge in [0.25, 0.3) is 0 Å². The highest BCUT2D eigenvalue weighted by atomic mass is 32.2. The third-order valence-electron chi connectivity index (χ3n) is 2.52. The van der Waals surface area contributed by atoms with E-state index in [1.807, 2.05) is 0 Å². The molecule has 7 heteroatoms. The Morgan fingerprint density at radius 3 is 2.90 bits per heavy atom. The average Bonchev–Trinajstić information content (AvgIpc) is 2.85. The smallest absolute Gasteiger partial charge is 0.337 e. The van der Waals surface area contributed by atoms with Crippen molar-refractivity contribution in [1.29, 1.82) is 0 Å². The summed E-state index contributed by atoms with van der Waals surface area (Å²) in [5, 5.41) is 3.67. The van der Waals surface area contributed by atoms with Gasteiger partial charge in [0.2, 0.25) is 5.89 Å². The molecular weight excluding hydrogens is 283 g/mol. The lowest BCUT2D eigenvalue weighted by Crippen LogP contribution is -2.02. The molecule has 0 aliphatic rings. The number of carbonyl (C=O) groups excluding carboxylic acids is 1. The second kappa shape index (κ2) is 6.51. The number of halogens is 1. The van der Waals surface area contributed by atoms with Crippen molar-refractivity contribution < 1.29 is 18.4 Å². The van der Waals surface area contributed by atoms with E-state index >= 15 is 0 Å². The molecule has 0 saturated carbocycles. The number of aromatic nitrogens is 2. The molecule has 0 atom stereocenters. The van der Waals surface area contributed by atoms with Crippen molar-refractivity contribution in [2.45, 2.75) is 18.4 Å². The molecule has 2 aromatic rings. The predicted octanol–water partition coefficient (Wildman–Crippen LogP) is 2.74. The molecule has 0 aliphatic carbocycles. The van der Waals surface area contributed by atoms with Crippen LogP contribution in [0.2, 0.25) is 0 Å². The number of ether oxygens (including phenoxy) is 1. The van der Waals surface area contributed by atoms with Crippen LogP contribution in [0.25, 0.3) is 0 Å². The normalized spacial score (nSPS) is 10.6. The third kappa shape index (κ3) is 3.57. The number of benzene rings is 1. The van der Waals surface area contributed by atoms with Gasteiger partial charge in [-0.2, -0.15) is 4.98 Å². The monoisotopic (exact) mass is 296 g/mol. The molecule has 2 rings (SSSR count). The fourth-order valence-corrected chi connectivity index (χ4v) is 2.41. The van der Waals surface area contributed by atoms with Crippen LogP contribution >= 0.6 is 11.8 Å². The Morgan fingerprint density at radius 1 is 1.45 bits per heavy atom. The first kappa shape index (κ1) is 14.5. The van der Waals surface area contributed by atoms with E-state index in [1.54, 1.807) is 6.92 Å². The minimum absolute atomic E-state index is 0.332. The highest BCUT2D eigenvalue weighted by Crippen LogP contribution is 2.20. The van der Waals surface area contributed by atoms with Gasteiger partial charge < -0.3 is 9.26 Å². The Labute approximate surface area is 119 Å². The topological polar surface area (TPSA) is 65.2 Å². The van der Waals surface area contributed by atoms with E-state index in [2.05, 4.69) is 14.9 Å². The van der Waals surface area contributed by atoms with Crippen molar-refractivity contribution in [2.24, 2.45) is 0 Å². The van der Waals surface area contributed by atoms with Crippen LogP contribution in [0.15, 0.2) is 22.7 Å². The van der Waals surface area contributed by atoms with Gasteiger partial charge in [0.05, 0.1) is 18.4 Å². The van der Waals surface area contributed by atoms with E-state index in [-0.39, 0.29) is 5.82 Å². The molecule has 1 aromatic carbocycles. The van der Waals surface area contributed by atoms with Crippen LogP contribution in [0.1, 0.15) is 27.6 Å². The van der Waals surface area contributed by atoms with Gasteiger partial charge in [0.1, 0.15) is 5.82 Å². The Morgan fingerprint density at radius 2 is 2.25 bits per heavy atom. The van der Waals surface area contributed by atoms with Crippen LogP contribution in [-0.2, 0) is 16.2 Å². The van der Waals surface area contributed by atoms with E-state index < -0.39 is 5.97 Å². The van der Waals surface area contributed by atoms with Crippen molar-refractivity contribution in [2.75, 3.05) is 7.11 Å². The lowest BCUT2D eigenvalue weighted by molar-refractivity contribution is 0.0600. The number of esters is 1. The number of carbonyl (C=O) groups is 1. The fourth-order valence-electron chi connectivity index (χ4n) is 1.58. The molecule has 1 aromatic heterocycles. The Hall–Kier alpha value is -1.89. The standard InChI is InChI=1S/C13H13FN2O3S/c1-8-15-12(19-16-8)7-20-6-10-5-9(13(17)18-2)3-4-11(10)14/h3-5H,6-7H2,1-2H3. The summed E-state index contributed by atoms with van der Waals surface area (Å²) in [6, 6.07) is 4.16. The first-order valence-electron chi connectivity index (χ1n) is 5.84. The Bertz CT molecular complexity index is 615. The van der Waals surface area contributed by atoms with Gasteiger partial charge in [0.15, 0.2) is 5.82 Å². The number of hydrogen-bond donors (Lipinski definition) is 0. The SMILES string of the molecule is COC(=O)c1ccc(F)c(CSCc2nc(C)no2)c1. The summed E-state index contributed by atoms with van der Waals surface area (Å²) in [6.07, 6.45) is 0. The second-order valence-electron chi connectivity index (χ2n) is 4.03.